The molecular weight excluding hydrogens is 334 g/mol. The van der Waals surface area contributed by atoms with Gasteiger partial charge in [0.15, 0.2) is 0 Å². The summed E-state index contributed by atoms with van der Waals surface area (Å²) in [5.41, 5.74) is 4.24. The van der Waals surface area contributed by atoms with Crippen molar-refractivity contribution in [2.75, 3.05) is 27.2 Å². The maximum absolute atomic E-state index is 4.66. The molecule has 0 atom stereocenters. The molecule has 2 aliphatic rings. The van der Waals surface area contributed by atoms with Crippen molar-refractivity contribution < 1.29 is 0 Å². The Morgan fingerprint density at radius 3 is 2.44 bits per heavy atom. The van der Waals surface area contributed by atoms with E-state index in [1.807, 2.05) is 0 Å². The first-order valence-corrected chi connectivity index (χ1v) is 10.4. The minimum absolute atomic E-state index is 0.559. The van der Waals surface area contributed by atoms with Crippen LogP contribution < -0.4 is 0 Å². The van der Waals surface area contributed by atoms with Gasteiger partial charge in [-0.05, 0) is 77.8 Å². The number of aromatic nitrogens is 3. The van der Waals surface area contributed by atoms with Crippen LogP contribution in [0.4, 0.5) is 0 Å². The number of piperidine rings is 1. The molecule has 0 N–H and O–H groups in total. The average molecular weight is 368 g/mol. The summed E-state index contributed by atoms with van der Waals surface area (Å²) in [6.45, 7) is 8.67. The highest BCUT2D eigenvalue weighted by molar-refractivity contribution is 5.30. The second-order valence-corrected chi connectivity index (χ2v) is 8.79. The van der Waals surface area contributed by atoms with Gasteiger partial charge < -0.3 is 9.47 Å². The number of rotatable bonds is 6. The van der Waals surface area contributed by atoms with Crippen LogP contribution in [-0.4, -0.2) is 51.7 Å². The number of hydrogen-bond acceptors (Lipinski definition) is 4. The molecule has 0 amide bonds. The standard InChI is InChI=1S/C22H33N5/c1-16-5-6-17(2)19(13-16)14-26-11-9-18(10-12-26)22-24-23-21(15-25(3)4)27(22)20-7-8-20/h5-6,13,18,20H,7-12,14-15H2,1-4H3. The molecule has 0 radical (unpaired) electrons. The zero-order valence-electron chi connectivity index (χ0n) is 17.3. The van der Waals surface area contributed by atoms with Crippen molar-refractivity contribution in [2.45, 2.75) is 64.6 Å². The summed E-state index contributed by atoms with van der Waals surface area (Å²) in [4.78, 5) is 4.80. The van der Waals surface area contributed by atoms with Crippen molar-refractivity contribution in [2.24, 2.45) is 0 Å². The van der Waals surface area contributed by atoms with Gasteiger partial charge in [0.25, 0.3) is 0 Å². The molecule has 0 unspecified atom stereocenters. The van der Waals surface area contributed by atoms with E-state index in [2.05, 4.69) is 70.7 Å². The Labute approximate surface area is 163 Å². The summed E-state index contributed by atoms with van der Waals surface area (Å²) in [5.74, 6) is 2.96. The van der Waals surface area contributed by atoms with Crippen LogP contribution in [0.5, 0.6) is 0 Å². The number of benzene rings is 1. The Balaban J connectivity index is 1.42. The molecule has 2 heterocycles. The van der Waals surface area contributed by atoms with E-state index in [9.17, 15) is 0 Å². The van der Waals surface area contributed by atoms with Crippen LogP contribution in [-0.2, 0) is 13.1 Å². The zero-order valence-corrected chi connectivity index (χ0v) is 17.3. The maximum Gasteiger partial charge on any atom is 0.147 e. The topological polar surface area (TPSA) is 37.2 Å². The lowest BCUT2D eigenvalue weighted by Crippen LogP contribution is -2.33. The molecule has 1 saturated heterocycles. The molecule has 4 rings (SSSR count). The third-order valence-corrected chi connectivity index (χ3v) is 6.01. The first kappa shape index (κ1) is 18.6. The van der Waals surface area contributed by atoms with Crippen LogP contribution in [0.3, 0.4) is 0 Å². The van der Waals surface area contributed by atoms with Crippen molar-refractivity contribution >= 4 is 0 Å². The van der Waals surface area contributed by atoms with Crippen LogP contribution in [0.2, 0.25) is 0 Å². The summed E-state index contributed by atoms with van der Waals surface area (Å²) >= 11 is 0. The van der Waals surface area contributed by atoms with Crippen molar-refractivity contribution in [1.29, 1.82) is 0 Å². The van der Waals surface area contributed by atoms with Gasteiger partial charge in [-0.1, -0.05) is 23.8 Å². The van der Waals surface area contributed by atoms with Gasteiger partial charge in [0.2, 0.25) is 0 Å². The molecule has 2 fully saturated rings. The van der Waals surface area contributed by atoms with Gasteiger partial charge in [0.1, 0.15) is 11.6 Å². The minimum Gasteiger partial charge on any atom is -0.311 e. The Hall–Kier alpha value is -1.72. The molecule has 0 spiro atoms. The second-order valence-electron chi connectivity index (χ2n) is 8.79. The smallest absolute Gasteiger partial charge is 0.147 e. The lowest BCUT2D eigenvalue weighted by atomic mass is 9.95. The minimum atomic E-state index is 0.559. The SMILES string of the molecule is Cc1ccc(C)c(CN2CCC(c3nnc(CN(C)C)n3C3CC3)CC2)c1. The zero-order chi connectivity index (χ0) is 19.0. The van der Waals surface area contributed by atoms with Crippen LogP contribution in [0.15, 0.2) is 18.2 Å². The molecule has 1 aliphatic carbocycles. The monoisotopic (exact) mass is 367 g/mol. The maximum atomic E-state index is 4.66. The van der Waals surface area contributed by atoms with E-state index >= 15 is 0 Å². The summed E-state index contributed by atoms with van der Waals surface area (Å²) in [6.07, 6.45) is 4.96. The molecule has 0 bridgehead atoms. The molecule has 5 heteroatoms. The fourth-order valence-corrected chi connectivity index (χ4v) is 4.30. The number of likely N-dealkylation sites (tertiary alicyclic amines) is 1. The molecule has 146 valence electrons. The quantitative estimate of drug-likeness (QED) is 0.781. The van der Waals surface area contributed by atoms with Crippen LogP contribution in [0, 0.1) is 13.8 Å². The second kappa shape index (κ2) is 7.72. The highest BCUT2D eigenvalue weighted by Crippen LogP contribution is 2.40. The van der Waals surface area contributed by atoms with E-state index in [1.54, 1.807) is 0 Å². The van der Waals surface area contributed by atoms with Gasteiger partial charge in [-0.15, -0.1) is 10.2 Å². The van der Waals surface area contributed by atoms with Gasteiger partial charge in [-0.2, -0.15) is 0 Å². The Morgan fingerprint density at radius 1 is 1.04 bits per heavy atom. The molecule has 5 nitrogen and oxygen atoms in total. The first-order valence-electron chi connectivity index (χ1n) is 10.4. The van der Waals surface area contributed by atoms with Crippen LogP contribution in [0.25, 0.3) is 0 Å². The molecule has 1 aromatic carbocycles. The molecule has 1 saturated carbocycles. The van der Waals surface area contributed by atoms with Gasteiger partial charge >= 0.3 is 0 Å². The fourth-order valence-electron chi connectivity index (χ4n) is 4.30. The van der Waals surface area contributed by atoms with Gasteiger partial charge in [-0.25, -0.2) is 0 Å². The largest absolute Gasteiger partial charge is 0.311 e. The van der Waals surface area contributed by atoms with Crippen LogP contribution >= 0.6 is 0 Å². The van der Waals surface area contributed by atoms with Gasteiger partial charge in [0, 0.05) is 18.5 Å². The first-order chi connectivity index (χ1) is 13.0. The number of nitrogens with zero attached hydrogens (tertiary/aromatic N) is 5. The van der Waals surface area contributed by atoms with E-state index < -0.39 is 0 Å². The van der Waals surface area contributed by atoms with Crippen molar-refractivity contribution in [3.8, 4) is 0 Å². The van der Waals surface area contributed by atoms with E-state index in [1.165, 1.54) is 48.2 Å². The van der Waals surface area contributed by atoms with Gasteiger partial charge in [-0.3, -0.25) is 4.90 Å². The average Bonchev–Trinajstić information content (AvgIpc) is 3.39. The van der Waals surface area contributed by atoms with Crippen molar-refractivity contribution in [3.63, 3.8) is 0 Å². The molecular formula is C22H33N5. The Morgan fingerprint density at radius 2 is 1.78 bits per heavy atom. The lowest BCUT2D eigenvalue weighted by Gasteiger charge is -2.32. The Bertz CT molecular complexity index is 782. The molecule has 1 aromatic heterocycles. The fraction of sp³-hybridized carbons (Fsp3) is 0.636. The predicted molar refractivity (Wildman–Crippen MR) is 109 cm³/mol. The normalized spacial score (nSPS) is 19.1. The summed E-state index contributed by atoms with van der Waals surface area (Å²) < 4.78 is 2.48. The van der Waals surface area contributed by atoms with E-state index in [-0.39, 0.29) is 0 Å². The highest BCUT2D eigenvalue weighted by Gasteiger charge is 2.33. The molecule has 27 heavy (non-hydrogen) atoms. The van der Waals surface area contributed by atoms with Crippen LogP contribution in [0.1, 0.15) is 66.0 Å². The van der Waals surface area contributed by atoms with E-state index in [0.717, 1.165) is 32.0 Å². The van der Waals surface area contributed by atoms with E-state index in [4.69, 9.17) is 0 Å². The molecule has 2 aromatic rings. The lowest BCUT2D eigenvalue weighted by molar-refractivity contribution is 0.199. The number of aryl methyl sites for hydroxylation is 2. The van der Waals surface area contributed by atoms with Crippen molar-refractivity contribution in [1.82, 2.24) is 24.6 Å². The third kappa shape index (κ3) is 4.25. The summed E-state index contributed by atoms with van der Waals surface area (Å²) in [7, 11) is 4.22. The number of hydrogen-bond donors (Lipinski definition) is 0. The van der Waals surface area contributed by atoms with Crippen molar-refractivity contribution in [3.05, 3.63) is 46.5 Å². The van der Waals surface area contributed by atoms with Gasteiger partial charge in [0.05, 0.1) is 6.54 Å². The van der Waals surface area contributed by atoms with E-state index in [0.29, 0.717) is 12.0 Å². The highest BCUT2D eigenvalue weighted by atomic mass is 15.3. The summed E-state index contributed by atoms with van der Waals surface area (Å²) in [6, 6.07) is 7.46. The molecule has 1 aliphatic heterocycles. The predicted octanol–water partition coefficient (Wildman–Crippen LogP) is 3.67. The Kier molecular flexibility index (Phi) is 5.33. The third-order valence-electron chi connectivity index (χ3n) is 6.01. The summed E-state index contributed by atoms with van der Waals surface area (Å²) in [5, 5.41) is 9.22.